The van der Waals surface area contributed by atoms with Crippen LogP contribution in [0, 0.1) is 6.92 Å². The van der Waals surface area contributed by atoms with Crippen molar-refractivity contribution < 1.29 is 14.3 Å². The largest absolute Gasteiger partial charge is 0.423 e. The van der Waals surface area contributed by atoms with Crippen molar-refractivity contribution >= 4 is 11.8 Å². The van der Waals surface area contributed by atoms with Crippen molar-refractivity contribution in [1.82, 2.24) is 0 Å². The first-order chi connectivity index (χ1) is 12.7. The van der Waals surface area contributed by atoms with Crippen LogP contribution in [0.1, 0.15) is 30.5 Å². The van der Waals surface area contributed by atoms with Gasteiger partial charge in [0.1, 0.15) is 5.75 Å². The number of hydrogen-bond acceptors (Lipinski definition) is 3. The molecule has 0 amide bonds. The van der Waals surface area contributed by atoms with E-state index in [4.69, 9.17) is 4.74 Å². The highest BCUT2D eigenvalue weighted by atomic mass is 16.5. The molecule has 0 aliphatic carbocycles. The molecule has 2 aromatic rings. The van der Waals surface area contributed by atoms with E-state index in [1.54, 1.807) is 0 Å². The lowest BCUT2D eigenvalue weighted by molar-refractivity contribution is -0.129. The van der Waals surface area contributed by atoms with Crippen LogP contribution >= 0.6 is 0 Å². The number of ketones is 1. The van der Waals surface area contributed by atoms with Gasteiger partial charge in [0.15, 0.2) is 5.78 Å². The molecule has 2 rings (SSSR count). The Labute approximate surface area is 161 Å². The zero-order chi connectivity index (χ0) is 20.4. The predicted octanol–water partition coefficient (Wildman–Crippen LogP) is 5.34. The third-order valence-corrected chi connectivity index (χ3v) is 4.14. The second-order valence-electron chi connectivity index (χ2n) is 6.45. The number of esters is 1. The molecule has 0 bridgehead atoms. The molecule has 3 nitrogen and oxygen atoms in total. The monoisotopic (exact) mass is 362 g/mol. The van der Waals surface area contributed by atoms with Crippen molar-refractivity contribution in [3.63, 3.8) is 0 Å². The van der Waals surface area contributed by atoms with E-state index in [0.29, 0.717) is 5.75 Å². The quantitative estimate of drug-likeness (QED) is 0.396. The molecule has 0 N–H and O–H groups in total. The molecule has 2 aromatic carbocycles. The summed E-state index contributed by atoms with van der Waals surface area (Å²) in [6, 6.07) is 16.2. The maximum absolute atomic E-state index is 11.2. The number of hydrogen-bond donors (Lipinski definition) is 0. The van der Waals surface area contributed by atoms with Crippen LogP contribution in [0.25, 0.3) is 0 Å². The fourth-order valence-electron chi connectivity index (χ4n) is 2.32. The van der Waals surface area contributed by atoms with Crippen molar-refractivity contribution in [2.24, 2.45) is 0 Å². The van der Waals surface area contributed by atoms with E-state index in [1.165, 1.54) is 28.8 Å². The lowest BCUT2D eigenvalue weighted by atomic mass is 9.78. The van der Waals surface area contributed by atoms with Gasteiger partial charge in [-0.25, -0.2) is 4.79 Å². The van der Waals surface area contributed by atoms with Crippen LogP contribution in [-0.2, 0) is 15.0 Å². The summed E-state index contributed by atoms with van der Waals surface area (Å²) in [5, 5.41) is 0. The molecule has 0 aliphatic rings. The van der Waals surface area contributed by atoms with Crippen LogP contribution in [0.15, 0.2) is 86.5 Å². The Balaban J connectivity index is 0.000000527. The summed E-state index contributed by atoms with van der Waals surface area (Å²) in [5.74, 6) is -0.0427. The van der Waals surface area contributed by atoms with Gasteiger partial charge in [-0.15, -0.1) is 0 Å². The molecule has 0 fully saturated rings. The van der Waals surface area contributed by atoms with Gasteiger partial charge in [-0.3, -0.25) is 4.79 Å². The van der Waals surface area contributed by atoms with Crippen molar-refractivity contribution in [3.05, 3.63) is 103 Å². The van der Waals surface area contributed by atoms with E-state index in [1.807, 2.05) is 24.3 Å². The van der Waals surface area contributed by atoms with Crippen molar-refractivity contribution in [2.45, 2.75) is 26.2 Å². The molecular formula is C24H26O3. The number of carbonyl (C=O) groups is 2. The minimum Gasteiger partial charge on any atom is -0.423 e. The van der Waals surface area contributed by atoms with Gasteiger partial charge >= 0.3 is 5.97 Å². The second kappa shape index (κ2) is 10.1. The fraction of sp³-hybridized carbons (Fsp3) is 0.167. The van der Waals surface area contributed by atoms with Gasteiger partial charge < -0.3 is 4.74 Å². The molecule has 140 valence electrons. The smallest absolute Gasteiger partial charge is 0.335 e. The summed E-state index contributed by atoms with van der Waals surface area (Å²) in [6.45, 7) is 16.3. The zero-order valence-corrected chi connectivity index (χ0v) is 16.2. The third kappa shape index (κ3) is 6.55. The van der Waals surface area contributed by atoms with Gasteiger partial charge in [-0.05, 0) is 42.3 Å². The van der Waals surface area contributed by atoms with E-state index < -0.39 is 5.97 Å². The Morgan fingerprint density at radius 3 is 1.63 bits per heavy atom. The summed E-state index contributed by atoms with van der Waals surface area (Å²) in [4.78, 5) is 21.1. The SMILES string of the molecule is C=CC(=O)C=C.C=CC(=O)Oc1ccc(C(C)(C)c2ccc(C)cc2)cc1. The first-order valence-electron chi connectivity index (χ1n) is 8.55. The van der Waals surface area contributed by atoms with Crippen LogP contribution in [0.2, 0.25) is 0 Å². The Morgan fingerprint density at radius 1 is 0.815 bits per heavy atom. The number of rotatable bonds is 6. The summed E-state index contributed by atoms with van der Waals surface area (Å²) in [7, 11) is 0. The maximum atomic E-state index is 11.2. The van der Waals surface area contributed by atoms with Gasteiger partial charge in [0.2, 0.25) is 0 Å². The molecule has 3 heteroatoms. The zero-order valence-electron chi connectivity index (χ0n) is 16.2. The molecular weight excluding hydrogens is 336 g/mol. The highest BCUT2D eigenvalue weighted by molar-refractivity contribution is 5.98. The number of aryl methyl sites for hydroxylation is 1. The molecule has 0 saturated carbocycles. The van der Waals surface area contributed by atoms with Gasteiger partial charge in [0.05, 0.1) is 0 Å². The number of carbonyl (C=O) groups excluding carboxylic acids is 2. The van der Waals surface area contributed by atoms with Gasteiger partial charge in [-0.1, -0.05) is 75.5 Å². The maximum Gasteiger partial charge on any atom is 0.335 e. The lowest BCUT2D eigenvalue weighted by Crippen LogP contribution is -2.18. The fourth-order valence-corrected chi connectivity index (χ4v) is 2.32. The molecule has 0 aliphatic heterocycles. The van der Waals surface area contributed by atoms with E-state index in [9.17, 15) is 9.59 Å². The molecule has 0 unspecified atom stereocenters. The summed E-state index contributed by atoms with van der Waals surface area (Å²) >= 11 is 0. The molecule has 0 spiro atoms. The van der Waals surface area contributed by atoms with Crippen LogP contribution in [-0.4, -0.2) is 11.8 Å². The van der Waals surface area contributed by atoms with E-state index in [2.05, 4.69) is 64.8 Å². The minimum absolute atomic E-state index is 0.103. The molecule has 0 heterocycles. The topological polar surface area (TPSA) is 43.4 Å². The Bertz CT molecular complexity index is 800. The third-order valence-electron chi connectivity index (χ3n) is 4.14. The predicted molar refractivity (Wildman–Crippen MR) is 111 cm³/mol. The van der Waals surface area contributed by atoms with Crippen LogP contribution in [0.5, 0.6) is 5.75 Å². The molecule has 0 aromatic heterocycles. The lowest BCUT2D eigenvalue weighted by Gasteiger charge is -2.26. The van der Waals surface area contributed by atoms with Crippen molar-refractivity contribution in [1.29, 1.82) is 0 Å². The molecule has 27 heavy (non-hydrogen) atoms. The molecule has 0 atom stereocenters. The normalized spacial score (nSPS) is 10.0. The van der Waals surface area contributed by atoms with Gasteiger partial charge in [0.25, 0.3) is 0 Å². The first kappa shape index (κ1) is 21.8. The van der Waals surface area contributed by atoms with Gasteiger partial charge in [0, 0.05) is 11.5 Å². The number of allylic oxidation sites excluding steroid dienone is 2. The van der Waals surface area contributed by atoms with E-state index in [-0.39, 0.29) is 11.2 Å². The minimum atomic E-state index is -0.444. The van der Waals surface area contributed by atoms with Crippen molar-refractivity contribution in [3.8, 4) is 5.75 Å². The number of benzene rings is 2. The standard InChI is InChI=1S/C19H20O2.C5H6O/c1-5-18(20)21-17-12-10-16(11-13-17)19(3,4)15-8-6-14(2)7-9-15;1-3-5(6)4-2/h5-13H,1H2,2-4H3;3-4H,1-2H2. The molecule has 0 saturated heterocycles. The average Bonchev–Trinajstić information content (AvgIpc) is 2.68. The Morgan fingerprint density at radius 2 is 1.26 bits per heavy atom. The Kier molecular flexibility index (Phi) is 8.15. The average molecular weight is 362 g/mol. The highest BCUT2D eigenvalue weighted by Gasteiger charge is 2.22. The first-order valence-corrected chi connectivity index (χ1v) is 8.55. The van der Waals surface area contributed by atoms with Crippen LogP contribution in [0.4, 0.5) is 0 Å². The summed E-state index contributed by atoms with van der Waals surface area (Å²) in [5.41, 5.74) is 3.57. The number of ether oxygens (including phenoxy) is 1. The molecule has 0 radical (unpaired) electrons. The highest BCUT2D eigenvalue weighted by Crippen LogP contribution is 2.32. The van der Waals surface area contributed by atoms with E-state index >= 15 is 0 Å². The van der Waals surface area contributed by atoms with Gasteiger partial charge in [-0.2, -0.15) is 0 Å². The van der Waals surface area contributed by atoms with Crippen LogP contribution < -0.4 is 4.74 Å². The van der Waals surface area contributed by atoms with Crippen LogP contribution in [0.3, 0.4) is 0 Å². The summed E-state index contributed by atoms with van der Waals surface area (Å²) in [6.07, 6.45) is 3.59. The second-order valence-corrected chi connectivity index (χ2v) is 6.45. The Hall–Kier alpha value is -3.20. The summed E-state index contributed by atoms with van der Waals surface area (Å²) < 4.78 is 5.10. The van der Waals surface area contributed by atoms with Crippen molar-refractivity contribution in [2.75, 3.05) is 0 Å². The van der Waals surface area contributed by atoms with E-state index in [0.717, 1.165) is 6.08 Å².